The maximum atomic E-state index is 8.40. The Labute approximate surface area is 74.8 Å². The summed E-state index contributed by atoms with van der Waals surface area (Å²) in [5, 5.41) is 19.4. The van der Waals surface area contributed by atoms with Gasteiger partial charge in [-0.25, -0.2) is 0 Å². The third kappa shape index (κ3) is 16.4. The van der Waals surface area contributed by atoms with Gasteiger partial charge in [-0.3, -0.25) is 0 Å². The highest BCUT2D eigenvalue weighted by Gasteiger charge is 1.91. The Balaban J connectivity index is 0. The Kier molecular flexibility index (Phi) is 16.1. The molecule has 0 radical (unpaired) electrons. The second-order valence-electron chi connectivity index (χ2n) is 2.51. The SMILES string of the molecule is CCNC(C)CO.NCCCO. The summed E-state index contributed by atoms with van der Waals surface area (Å²) in [4.78, 5) is 0. The molecule has 0 aromatic heterocycles. The molecule has 4 heteroatoms. The molecule has 12 heavy (non-hydrogen) atoms. The van der Waals surface area contributed by atoms with Crippen molar-refractivity contribution in [2.45, 2.75) is 26.3 Å². The Morgan fingerprint density at radius 1 is 1.42 bits per heavy atom. The highest BCUT2D eigenvalue weighted by Crippen LogP contribution is 1.73. The highest BCUT2D eigenvalue weighted by atomic mass is 16.3. The van der Waals surface area contributed by atoms with Gasteiger partial charge in [0.05, 0.1) is 6.61 Å². The molecule has 0 spiro atoms. The van der Waals surface area contributed by atoms with E-state index in [0.717, 1.165) is 13.0 Å². The average molecular weight is 178 g/mol. The molecule has 0 fully saturated rings. The lowest BCUT2D eigenvalue weighted by molar-refractivity contribution is 0.253. The monoisotopic (exact) mass is 178 g/mol. The lowest BCUT2D eigenvalue weighted by Gasteiger charge is -2.05. The lowest BCUT2D eigenvalue weighted by atomic mass is 10.4. The van der Waals surface area contributed by atoms with Crippen molar-refractivity contribution in [3.63, 3.8) is 0 Å². The fourth-order valence-electron chi connectivity index (χ4n) is 0.504. The predicted molar refractivity (Wildman–Crippen MR) is 51.0 cm³/mol. The number of nitrogens with one attached hydrogen (secondary N) is 1. The van der Waals surface area contributed by atoms with Crippen molar-refractivity contribution in [3.8, 4) is 0 Å². The van der Waals surface area contributed by atoms with Gasteiger partial charge in [0.25, 0.3) is 0 Å². The van der Waals surface area contributed by atoms with Gasteiger partial charge in [0.15, 0.2) is 0 Å². The van der Waals surface area contributed by atoms with Crippen molar-refractivity contribution in [1.29, 1.82) is 0 Å². The van der Waals surface area contributed by atoms with Gasteiger partial charge in [0, 0.05) is 12.6 Å². The molecule has 0 heterocycles. The Morgan fingerprint density at radius 3 is 2.08 bits per heavy atom. The second kappa shape index (κ2) is 13.4. The van der Waals surface area contributed by atoms with Crippen LogP contribution >= 0.6 is 0 Å². The number of aliphatic hydroxyl groups is 2. The van der Waals surface area contributed by atoms with Gasteiger partial charge in [0.1, 0.15) is 0 Å². The Morgan fingerprint density at radius 2 is 2.00 bits per heavy atom. The average Bonchev–Trinajstić information content (AvgIpc) is 2.07. The summed E-state index contributed by atoms with van der Waals surface area (Å²) in [7, 11) is 0. The van der Waals surface area contributed by atoms with Crippen LogP contribution in [0.4, 0.5) is 0 Å². The number of hydrogen-bond donors (Lipinski definition) is 4. The third-order valence-corrected chi connectivity index (χ3v) is 1.19. The molecular weight excluding hydrogens is 156 g/mol. The molecule has 0 aliphatic rings. The van der Waals surface area contributed by atoms with Crippen LogP contribution in [0.2, 0.25) is 0 Å². The molecule has 0 aliphatic carbocycles. The first-order valence-corrected chi connectivity index (χ1v) is 4.38. The van der Waals surface area contributed by atoms with Crippen molar-refractivity contribution in [3.05, 3.63) is 0 Å². The van der Waals surface area contributed by atoms with E-state index in [4.69, 9.17) is 15.9 Å². The zero-order valence-electron chi connectivity index (χ0n) is 8.08. The van der Waals surface area contributed by atoms with Gasteiger partial charge in [-0.2, -0.15) is 0 Å². The largest absolute Gasteiger partial charge is 0.396 e. The van der Waals surface area contributed by atoms with Gasteiger partial charge in [-0.15, -0.1) is 0 Å². The molecule has 4 nitrogen and oxygen atoms in total. The van der Waals surface area contributed by atoms with E-state index in [9.17, 15) is 0 Å². The second-order valence-corrected chi connectivity index (χ2v) is 2.51. The molecular formula is C8H22N2O2. The first-order chi connectivity index (χ1) is 5.72. The fraction of sp³-hybridized carbons (Fsp3) is 1.00. The molecule has 0 bridgehead atoms. The first kappa shape index (κ1) is 14.4. The van der Waals surface area contributed by atoms with Crippen LogP contribution in [0.5, 0.6) is 0 Å². The lowest BCUT2D eigenvalue weighted by Crippen LogP contribution is -2.28. The van der Waals surface area contributed by atoms with E-state index in [2.05, 4.69) is 5.32 Å². The summed E-state index contributed by atoms with van der Waals surface area (Å²) in [6.07, 6.45) is 0.722. The van der Waals surface area contributed by atoms with Crippen molar-refractivity contribution in [2.75, 3.05) is 26.3 Å². The molecule has 5 N–H and O–H groups in total. The van der Waals surface area contributed by atoms with Crippen molar-refractivity contribution >= 4 is 0 Å². The van der Waals surface area contributed by atoms with Crippen LogP contribution in [-0.4, -0.2) is 42.6 Å². The summed E-state index contributed by atoms with van der Waals surface area (Å²) >= 11 is 0. The highest BCUT2D eigenvalue weighted by molar-refractivity contribution is 4.53. The van der Waals surface area contributed by atoms with E-state index >= 15 is 0 Å². The molecule has 0 rings (SSSR count). The van der Waals surface area contributed by atoms with Gasteiger partial charge in [0.2, 0.25) is 0 Å². The molecule has 0 aromatic rings. The number of hydrogen-bond acceptors (Lipinski definition) is 4. The van der Waals surface area contributed by atoms with Crippen molar-refractivity contribution in [2.24, 2.45) is 5.73 Å². The van der Waals surface area contributed by atoms with Crippen LogP contribution in [0, 0.1) is 0 Å². The van der Waals surface area contributed by atoms with E-state index in [0.29, 0.717) is 6.54 Å². The molecule has 0 aliphatic heterocycles. The molecule has 0 aromatic carbocycles. The molecule has 1 atom stereocenters. The minimum atomic E-state index is 0.219. The van der Waals surface area contributed by atoms with Crippen LogP contribution in [0.1, 0.15) is 20.3 Å². The number of likely N-dealkylation sites (N-methyl/N-ethyl adjacent to an activating group) is 1. The van der Waals surface area contributed by atoms with E-state index in [1.165, 1.54) is 0 Å². The van der Waals surface area contributed by atoms with E-state index in [-0.39, 0.29) is 19.3 Å². The fourth-order valence-corrected chi connectivity index (χ4v) is 0.504. The number of rotatable bonds is 5. The van der Waals surface area contributed by atoms with Crippen LogP contribution in [-0.2, 0) is 0 Å². The van der Waals surface area contributed by atoms with Crippen LogP contribution in [0.25, 0.3) is 0 Å². The third-order valence-electron chi connectivity index (χ3n) is 1.19. The molecule has 0 saturated heterocycles. The van der Waals surface area contributed by atoms with Gasteiger partial charge >= 0.3 is 0 Å². The quantitative estimate of drug-likeness (QED) is 0.449. The van der Waals surface area contributed by atoms with Crippen molar-refractivity contribution < 1.29 is 10.2 Å². The van der Waals surface area contributed by atoms with Gasteiger partial charge < -0.3 is 21.3 Å². The summed E-state index contributed by atoms with van der Waals surface area (Å²) < 4.78 is 0. The normalized spacial score (nSPS) is 11.8. The van der Waals surface area contributed by atoms with E-state index in [1.54, 1.807) is 0 Å². The van der Waals surface area contributed by atoms with Gasteiger partial charge in [-0.1, -0.05) is 6.92 Å². The predicted octanol–water partition coefficient (Wildman–Crippen LogP) is -0.696. The van der Waals surface area contributed by atoms with E-state index < -0.39 is 0 Å². The minimum absolute atomic E-state index is 0.219. The number of aliphatic hydroxyl groups excluding tert-OH is 2. The Bertz CT molecular complexity index is 70.1. The van der Waals surface area contributed by atoms with Crippen molar-refractivity contribution in [1.82, 2.24) is 5.32 Å². The van der Waals surface area contributed by atoms with E-state index in [1.807, 2.05) is 13.8 Å². The summed E-state index contributed by atoms with van der Waals surface area (Å²) in [5.74, 6) is 0. The maximum Gasteiger partial charge on any atom is 0.0581 e. The van der Waals surface area contributed by atoms with Crippen LogP contribution in [0.15, 0.2) is 0 Å². The molecule has 0 amide bonds. The standard InChI is InChI=1S/C5H13NO.C3H9NO/c1-3-6-5(2)4-7;4-2-1-3-5/h5-7H,3-4H2,1-2H3;5H,1-4H2. The molecule has 1 unspecified atom stereocenters. The first-order valence-electron chi connectivity index (χ1n) is 4.38. The topological polar surface area (TPSA) is 78.5 Å². The Hall–Kier alpha value is -0.160. The zero-order valence-corrected chi connectivity index (χ0v) is 8.08. The summed E-state index contributed by atoms with van der Waals surface area (Å²) in [5.41, 5.74) is 4.98. The number of nitrogens with two attached hydrogens (primary N) is 1. The smallest absolute Gasteiger partial charge is 0.0581 e. The zero-order chi connectivity index (χ0) is 9.82. The van der Waals surface area contributed by atoms with Crippen LogP contribution in [0.3, 0.4) is 0 Å². The van der Waals surface area contributed by atoms with Gasteiger partial charge in [-0.05, 0) is 26.4 Å². The summed E-state index contributed by atoms with van der Waals surface area (Å²) in [6, 6.07) is 0.255. The van der Waals surface area contributed by atoms with Crippen LogP contribution < -0.4 is 11.1 Å². The molecule has 76 valence electrons. The molecule has 0 saturated carbocycles. The summed E-state index contributed by atoms with van der Waals surface area (Å²) in [6.45, 7) is 5.94. The minimum Gasteiger partial charge on any atom is -0.396 e. The maximum absolute atomic E-state index is 8.40.